The first-order chi connectivity index (χ1) is 12.5. The minimum Gasteiger partial charge on any atom is -0.488 e. The number of likely N-dealkylation sites (tertiary alicyclic amines) is 1. The topological polar surface area (TPSA) is 97.6 Å². The maximum absolute atomic E-state index is 12.5. The average molecular weight is 375 g/mol. The van der Waals surface area contributed by atoms with Crippen LogP contribution >= 0.6 is 11.6 Å². The Balaban J connectivity index is 1.61. The molecule has 1 aliphatic rings. The third-order valence-corrected chi connectivity index (χ3v) is 4.26. The molecular formula is C18H19ClN4O3. The van der Waals surface area contributed by atoms with E-state index in [0.717, 1.165) is 12.8 Å². The molecule has 3 N–H and O–H groups in total. The molecule has 0 aliphatic carbocycles. The first kappa shape index (κ1) is 18.0. The van der Waals surface area contributed by atoms with Crippen LogP contribution in [0.5, 0.6) is 5.75 Å². The van der Waals surface area contributed by atoms with Gasteiger partial charge in [0.15, 0.2) is 0 Å². The highest BCUT2D eigenvalue weighted by Crippen LogP contribution is 2.20. The molecule has 1 atom stereocenters. The molecule has 1 aliphatic heterocycles. The van der Waals surface area contributed by atoms with E-state index in [-0.39, 0.29) is 17.8 Å². The first-order valence-electron chi connectivity index (χ1n) is 8.25. The predicted octanol–water partition coefficient (Wildman–Crippen LogP) is 2.91. The minimum atomic E-state index is -0.610. The summed E-state index contributed by atoms with van der Waals surface area (Å²) in [6.07, 6.45) is 2.94. The van der Waals surface area contributed by atoms with E-state index in [0.29, 0.717) is 29.5 Å². The van der Waals surface area contributed by atoms with Gasteiger partial charge >= 0.3 is 6.03 Å². The summed E-state index contributed by atoms with van der Waals surface area (Å²) in [6, 6.07) is 9.97. The third-order valence-electron chi connectivity index (χ3n) is 4.03. The number of primary amides is 1. The van der Waals surface area contributed by atoms with Gasteiger partial charge in [-0.1, -0.05) is 17.7 Å². The van der Waals surface area contributed by atoms with Gasteiger partial charge in [-0.25, -0.2) is 4.79 Å². The number of nitrogens with one attached hydrogen (secondary N) is 1. The molecule has 1 aromatic heterocycles. The van der Waals surface area contributed by atoms with Crippen LogP contribution in [0.15, 0.2) is 42.6 Å². The van der Waals surface area contributed by atoms with Gasteiger partial charge in [-0.2, -0.15) is 0 Å². The number of amides is 3. The van der Waals surface area contributed by atoms with Crippen molar-refractivity contribution >= 4 is 29.2 Å². The van der Waals surface area contributed by atoms with Crippen LogP contribution in [0.4, 0.5) is 10.5 Å². The summed E-state index contributed by atoms with van der Waals surface area (Å²) >= 11 is 5.94. The van der Waals surface area contributed by atoms with E-state index < -0.39 is 5.91 Å². The van der Waals surface area contributed by atoms with Gasteiger partial charge in [0.1, 0.15) is 17.5 Å². The highest BCUT2D eigenvalue weighted by Gasteiger charge is 2.25. The van der Waals surface area contributed by atoms with Crippen LogP contribution in [-0.4, -0.2) is 41.0 Å². The summed E-state index contributed by atoms with van der Waals surface area (Å²) in [5.41, 5.74) is 6.03. The highest BCUT2D eigenvalue weighted by molar-refractivity contribution is 6.30. The average Bonchev–Trinajstić information content (AvgIpc) is 2.62. The van der Waals surface area contributed by atoms with Crippen LogP contribution in [0.25, 0.3) is 0 Å². The monoisotopic (exact) mass is 374 g/mol. The van der Waals surface area contributed by atoms with Crippen molar-refractivity contribution in [3.05, 3.63) is 53.3 Å². The molecule has 26 heavy (non-hydrogen) atoms. The van der Waals surface area contributed by atoms with E-state index in [4.69, 9.17) is 22.1 Å². The van der Waals surface area contributed by atoms with E-state index >= 15 is 0 Å². The summed E-state index contributed by atoms with van der Waals surface area (Å²) < 4.78 is 5.91. The predicted molar refractivity (Wildman–Crippen MR) is 98.4 cm³/mol. The fourth-order valence-corrected chi connectivity index (χ4v) is 2.99. The zero-order valence-corrected chi connectivity index (χ0v) is 14.8. The van der Waals surface area contributed by atoms with Crippen LogP contribution in [0.3, 0.4) is 0 Å². The van der Waals surface area contributed by atoms with Crippen molar-refractivity contribution in [2.45, 2.75) is 18.9 Å². The second-order valence-electron chi connectivity index (χ2n) is 6.01. The van der Waals surface area contributed by atoms with Crippen LogP contribution in [0.1, 0.15) is 23.3 Å². The lowest BCUT2D eigenvalue weighted by molar-refractivity contribution is 0.0989. The lowest BCUT2D eigenvalue weighted by Gasteiger charge is -2.33. The summed E-state index contributed by atoms with van der Waals surface area (Å²) in [4.78, 5) is 29.3. The molecule has 0 spiro atoms. The number of benzene rings is 1. The maximum atomic E-state index is 12.5. The third kappa shape index (κ3) is 4.64. The highest BCUT2D eigenvalue weighted by atomic mass is 35.5. The fourth-order valence-electron chi connectivity index (χ4n) is 2.80. The van der Waals surface area contributed by atoms with Gasteiger partial charge in [0.2, 0.25) is 0 Å². The fraction of sp³-hybridized carbons (Fsp3) is 0.278. The Hall–Kier alpha value is -2.80. The van der Waals surface area contributed by atoms with Gasteiger partial charge in [-0.3, -0.25) is 9.78 Å². The number of urea groups is 1. The van der Waals surface area contributed by atoms with E-state index in [1.165, 1.54) is 12.3 Å². The second kappa shape index (κ2) is 8.05. The van der Waals surface area contributed by atoms with E-state index in [9.17, 15) is 9.59 Å². The molecule has 2 aromatic rings. The SMILES string of the molecule is NC(=O)c1cc(OC2CCCN(C(=O)Nc3cccc(Cl)c3)C2)ccn1. The first-order valence-corrected chi connectivity index (χ1v) is 8.63. The standard InChI is InChI=1S/C18H19ClN4O3/c19-12-3-1-4-13(9-12)22-18(25)23-8-2-5-15(11-23)26-14-6-7-21-16(10-14)17(20)24/h1,3-4,6-7,9-10,15H,2,5,8,11H2,(H2,20,24)(H,22,25). The Kier molecular flexibility index (Phi) is 5.58. The summed E-state index contributed by atoms with van der Waals surface area (Å²) in [7, 11) is 0. The van der Waals surface area contributed by atoms with E-state index in [1.807, 2.05) is 0 Å². The number of piperidine rings is 1. The van der Waals surface area contributed by atoms with Crippen molar-refractivity contribution in [3.8, 4) is 5.75 Å². The molecule has 7 nitrogen and oxygen atoms in total. The molecule has 3 amide bonds. The zero-order chi connectivity index (χ0) is 18.5. The number of nitrogens with zero attached hydrogens (tertiary/aromatic N) is 2. The Labute approximate surface area is 156 Å². The normalized spacial score (nSPS) is 16.8. The number of aromatic nitrogens is 1. The molecule has 1 aromatic carbocycles. The van der Waals surface area contributed by atoms with Gasteiger partial charge < -0.3 is 20.7 Å². The number of anilines is 1. The van der Waals surface area contributed by atoms with Crippen molar-refractivity contribution in [2.75, 3.05) is 18.4 Å². The molecule has 0 radical (unpaired) electrons. The molecule has 0 bridgehead atoms. The second-order valence-corrected chi connectivity index (χ2v) is 6.45. The van der Waals surface area contributed by atoms with E-state index in [1.54, 1.807) is 35.2 Å². The number of ether oxygens (including phenoxy) is 1. The largest absolute Gasteiger partial charge is 0.488 e. The maximum Gasteiger partial charge on any atom is 0.321 e. The summed E-state index contributed by atoms with van der Waals surface area (Å²) in [5.74, 6) is -0.0995. The Bertz CT molecular complexity index is 815. The molecule has 1 saturated heterocycles. The van der Waals surface area contributed by atoms with Crippen molar-refractivity contribution in [2.24, 2.45) is 5.73 Å². The summed E-state index contributed by atoms with van der Waals surface area (Å²) in [6.45, 7) is 1.09. The lowest BCUT2D eigenvalue weighted by atomic mass is 10.1. The Morgan fingerprint density at radius 1 is 1.31 bits per heavy atom. The quantitative estimate of drug-likeness (QED) is 0.859. The Morgan fingerprint density at radius 2 is 2.15 bits per heavy atom. The van der Waals surface area contributed by atoms with Crippen molar-refractivity contribution in [1.29, 1.82) is 0 Å². The van der Waals surface area contributed by atoms with Gasteiger partial charge in [-0.05, 0) is 37.1 Å². The molecule has 1 fully saturated rings. The molecule has 1 unspecified atom stereocenters. The number of carbonyl (C=O) groups is 2. The van der Waals surface area contributed by atoms with Gasteiger partial charge in [0.05, 0.1) is 6.54 Å². The van der Waals surface area contributed by atoms with Gasteiger partial charge in [0, 0.05) is 29.5 Å². The van der Waals surface area contributed by atoms with Crippen molar-refractivity contribution in [1.82, 2.24) is 9.88 Å². The van der Waals surface area contributed by atoms with Crippen molar-refractivity contribution < 1.29 is 14.3 Å². The number of hydrogen-bond acceptors (Lipinski definition) is 4. The minimum absolute atomic E-state index is 0.147. The molecule has 8 heteroatoms. The number of carbonyl (C=O) groups excluding carboxylic acids is 2. The molecule has 3 rings (SSSR count). The number of pyridine rings is 1. The van der Waals surface area contributed by atoms with Crippen LogP contribution in [0.2, 0.25) is 5.02 Å². The number of rotatable bonds is 4. The lowest BCUT2D eigenvalue weighted by Crippen LogP contribution is -2.46. The van der Waals surface area contributed by atoms with Crippen LogP contribution < -0.4 is 15.8 Å². The number of nitrogens with two attached hydrogens (primary N) is 1. The van der Waals surface area contributed by atoms with Gasteiger partial charge in [-0.15, -0.1) is 0 Å². The molecular weight excluding hydrogens is 356 g/mol. The van der Waals surface area contributed by atoms with Crippen LogP contribution in [-0.2, 0) is 0 Å². The number of hydrogen-bond donors (Lipinski definition) is 2. The van der Waals surface area contributed by atoms with Crippen LogP contribution in [0, 0.1) is 0 Å². The molecule has 136 valence electrons. The smallest absolute Gasteiger partial charge is 0.321 e. The summed E-state index contributed by atoms with van der Waals surface area (Å²) in [5, 5.41) is 3.40. The zero-order valence-electron chi connectivity index (χ0n) is 14.0. The molecule has 0 saturated carbocycles. The number of halogens is 1. The molecule has 2 heterocycles. The van der Waals surface area contributed by atoms with Crippen molar-refractivity contribution in [3.63, 3.8) is 0 Å². The van der Waals surface area contributed by atoms with E-state index in [2.05, 4.69) is 10.3 Å². The Morgan fingerprint density at radius 3 is 2.92 bits per heavy atom. The van der Waals surface area contributed by atoms with Gasteiger partial charge in [0.25, 0.3) is 5.91 Å².